The largest absolute Gasteiger partial charge is 0.343 e. The second-order valence-electron chi connectivity index (χ2n) is 4.76. The maximum atomic E-state index is 12.3. The zero-order valence-electron chi connectivity index (χ0n) is 12.2. The molecular formula is C16H13ClN4OS. The van der Waals surface area contributed by atoms with Gasteiger partial charge in [-0.05, 0) is 30.3 Å². The Bertz CT molecular complexity index is 808. The molecule has 7 heteroatoms. The van der Waals surface area contributed by atoms with Crippen LogP contribution in [0.2, 0.25) is 5.02 Å². The molecular weight excluding hydrogens is 332 g/mol. The third-order valence-electron chi connectivity index (χ3n) is 3.22. The Morgan fingerprint density at radius 1 is 1.26 bits per heavy atom. The molecule has 5 nitrogen and oxygen atoms in total. The van der Waals surface area contributed by atoms with Crippen molar-refractivity contribution in [2.45, 2.75) is 0 Å². The van der Waals surface area contributed by atoms with E-state index in [9.17, 15) is 4.79 Å². The van der Waals surface area contributed by atoms with E-state index in [1.165, 1.54) is 11.3 Å². The zero-order chi connectivity index (χ0) is 16.2. The van der Waals surface area contributed by atoms with E-state index < -0.39 is 0 Å². The summed E-state index contributed by atoms with van der Waals surface area (Å²) in [6.07, 6.45) is 5.10. The molecule has 0 aliphatic carbocycles. The van der Waals surface area contributed by atoms with Crippen LogP contribution in [0.4, 0.5) is 16.5 Å². The lowest BCUT2D eigenvalue weighted by molar-refractivity contribution is 0.102. The summed E-state index contributed by atoms with van der Waals surface area (Å²) in [5, 5.41) is 5.59. The molecule has 0 aliphatic heterocycles. The van der Waals surface area contributed by atoms with Crippen LogP contribution in [0.15, 0.2) is 54.3 Å². The summed E-state index contributed by atoms with van der Waals surface area (Å²) in [5.74, 6) is -0.247. The van der Waals surface area contributed by atoms with Gasteiger partial charge in [-0.3, -0.25) is 15.1 Å². The van der Waals surface area contributed by atoms with E-state index in [1.54, 1.807) is 42.2 Å². The number of amides is 1. The standard InChI is InChI=1S/C16H13ClN4OS/c1-21(13-3-2-4-18-10-13)14-8-11(7-12(17)9-14)15(22)20-16-19-5-6-23-16/h2-10H,1H3,(H,19,20,22). The van der Waals surface area contributed by atoms with Gasteiger partial charge in [0.05, 0.1) is 11.9 Å². The maximum Gasteiger partial charge on any atom is 0.257 e. The average Bonchev–Trinajstić information content (AvgIpc) is 3.07. The summed E-state index contributed by atoms with van der Waals surface area (Å²) in [6.45, 7) is 0. The van der Waals surface area contributed by atoms with Gasteiger partial charge in [0.25, 0.3) is 5.91 Å². The average molecular weight is 345 g/mol. The molecule has 116 valence electrons. The first-order valence-electron chi connectivity index (χ1n) is 6.78. The minimum Gasteiger partial charge on any atom is -0.343 e. The molecule has 1 amide bonds. The van der Waals surface area contributed by atoms with Crippen molar-refractivity contribution < 1.29 is 4.79 Å². The summed E-state index contributed by atoms with van der Waals surface area (Å²) >= 11 is 7.53. The Hall–Kier alpha value is -2.44. The number of nitrogens with zero attached hydrogens (tertiary/aromatic N) is 3. The molecule has 0 unspecified atom stereocenters. The van der Waals surface area contributed by atoms with Crippen LogP contribution in [0, 0.1) is 0 Å². The van der Waals surface area contributed by atoms with Crippen LogP contribution in [0.3, 0.4) is 0 Å². The minimum absolute atomic E-state index is 0.247. The number of anilines is 3. The fourth-order valence-electron chi connectivity index (χ4n) is 2.05. The maximum absolute atomic E-state index is 12.3. The first-order chi connectivity index (χ1) is 11.1. The number of nitrogens with one attached hydrogen (secondary N) is 1. The van der Waals surface area contributed by atoms with Crippen molar-refractivity contribution in [3.63, 3.8) is 0 Å². The summed E-state index contributed by atoms with van der Waals surface area (Å²) in [4.78, 5) is 22.4. The van der Waals surface area contributed by atoms with E-state index in [2.05, 4.69) is 15.3 Å². The fraction of sp³-hybridized carbons (Fsp3) is 0.0625. The van der Waals surface area contributed by atoms with Gasteiger partial charge in [-0.15, -0.1) is 11.3 Å². The van der Waals surface area contributed by atoms with Crippen molar-refractivity contribution in [1.82, 2.24) is 9.97 Å². The summed E-state index contributed by atoms with van der Waals surface area (Å²) < 4.78 is 0. The molecule has 0 saturated heterocycles. The number of thiazole rings is 1. The van der Waals surface area contributed by atoms with Crippen LogP contribution in [-0.4, -0.2) is 22.9 Å². The molecule has 0 saturated carbocycles. The Morgan fingerprint density at radius 3 is 2.83 bits per heavy atom. The van der Waals surface area contributed by atoms with E-state index in [0.29, 0.717) is 15.7 Å². The van der Waals surface area contributed by atoms with Crippen LogP contribution in [0.1, 0.15) is 10.4 Å². The van der Waals surface area contributed by atoms with E-state index in [0.717, 1.165) is 11.4 Å². The van der Waals surface area contributed by atoms with Gasteiger partial charge in [-0.2, -0.15) is 0 Å². The number of hydrogen-bond donors (Lipinski definition) is 1. The Morgan fingerprint density at radius 2 is 2.13 bits per heavy atom. The highest BCUT2D eigenvalue weighted by atomic mass is 35.5. The van der Waals surface area contributed by atoms with Gasteiger partial charge < -0.3 is 4.90 Å². The van der Waals surface area contributed by atoms with Crippen LogP contribution >= 0.6 is 22.9 Å². The Labute approximate surface area is 142 Å². The van der Waals surface area contributed by atoms with Crippen LogP contribution in [-0.2, 0) is 0 Å². The lowest BCUT2D eigenvalue weighted by Crippen LogP contribution is -2.14. The van der Waals surface area contributed by atoms with Gasteiger partial charge in [0.15, 0.2) is 5.13 Å². The molecule has 3 rings (SSSR count). The predicted molar refractivity (Wildman–Crippen MR) is 93.8 cm³/mol. The molecule has 3 aromatic rings. The molecule has 0 radical (unpaired) electrons. The third kappa shape index (κ3) is 3.67. The van der Waals surface area contributed by atoms with Crippen molar-refractivity contribution in [2.24, 2.45) is 0 Å². The normalized spacial score (nSPS) is 10.3. The van der Waals surface area contributed by atoms with Gasteiger partial charge in [-0.1, -0.05) is 11.6 Å². The van der Waals surface area contributed by atoms with Crippen LogP contribution < -0.4 is 10.2 Å². The molecule has 0 fully saturated rings. The molecule has 0 atom stereocenters. The SMILES string of the molecule is CN(c1cccnc1)c1cc(Cl)cc(C(=O)Nc2nccs2)c1. The highest BCUT2D eigenvalue weighted by Gasteiger charge is 2.12. The molecule has 0 aliphatic rings. The van der Waals surface area contributed by atoms with Gasteiger partial charge in [0.2, 0.25) is 0 Å². The second-order valence-corrected chi connectivity index (χ2v) is 6.09. The summed E-state index contributed by atoms with van der Waals surface area (Å²) in [6, 6.07) is 9.00. The number of hydrogen-bond acceptors (Lipinski definition) is 5. The molecule has 1 N–H and O–H groups in total. The molecule has 23 heavy (non-hydrogen) atoms. The number of carbonyl (C=O) groups is 1. The smallest absolute Gasteiger partial charge is 0.257 e. The van der Waals surface area contributed by atoms with Crippen molar-refractivity contribution in [1.29, 1.82) is 0 Å². The van der Waals surface area contributed by atoms with E-state index >= 15 is 0 Å². The van der Waals surface area contributed by atoms with Crippen molar-refractivity contribution >= 4 is 45.4 Å². The second kappa shape index (κ2) is 6.76. The number of pyridine rings is 1. The van der Waals surface area contributed by atoms with Gasteiger partial charge in [0, 0.05) is 41.1 Å². The van der Waals surface area contributed by atoms with Gasteiger partial charge in [-0.25, -0.2) is 4.98 Å². The lowest BCUT2D eigenvalue weighted by atomic mass is 10.1. The Balaban J connectivity index is 1.88. The quantitative estimate of drug-likeness (QED) is 0.770. The summed E-state index contributed by atoms with van der Waals surface area (Å²) in [7, 11) is 1.89. The van der Waals surface area contributed by atoms with E-state index in [1.807, 2.05) is 24.1 Å². The monoisotopic (exact) mass is 344 g/mol. The first kappa shape index (κ1) is 15.5. The molecule has 1 aromatic carbocycles. The topological polar surface area (TPSA) is 58.1 Å². The molecule has 2 heterocycles. The van der Waals surface area contributed by atoms with E-state index in [4.69, 9.17) is 11.6 Å². The molecule has 0 spiro atoms. The summed E-state index contributed by atoms with van der Waals surface area (Å²) in [5.41, 5.74) is 2.18. The number of rotatable bonds is 4. The fourth-order valence-corrected chi connectivity index (χ4v) is 2.81. The lowest BCUT2D eigenvalue weighted by Gasteiger charge is -2.20. The van der Waals surface area contributed by atoms with Gasteiger partial charge in [0.1, 0.15) is 0 Å². The van der Waals surface area contributed by atoms with Crippen molar-refractivity contribution in [3.05, 3.63) is 64.9 Å². The predicted octanol–water partition coefficient (Wildman–Crippen LogP) is 4.21. The highest BCUT2D eigenvalue weighted by Crippen LogP contribution is 2.27. The third-order valence-corrected chi connectivity index (χ3v) is 4.12. The molecule has 0 bridgehead atoms. The van der Waals surface area contributed by atoms with Gasteiger partial charge >= 0.3 is 0 Å². The number of carbonyl (C=O) groups excluding carboxylic acids is 1. The number of halogens is 1. The van der Waals surface area contributed by atoms with Crippen molar-refractivity contribution in [3.8, 4) is 0 Å². The van der Waals surface area contributed by atoms with E-state index in [-0.39, 0.29) is 5.91 Å². The van der Waals surface area contributed by atoms with Crippen molar-refractivity contribution in [2.75, 3.05) is 17.3 Å². The van der Waals surface area contributed by atoms with Crippen LogP contribution in [0.25, 0.3) is 0 Å². The highest BCUT2D eigenvalue weighted by molar-refractivity contribution is 7.13. The zero-order valence-corrected chi connectivity index (χ0v) is 13.8. The molecule has 2 aromatic heterocycles. The number of aromatic nitrogens is 2. The first-order valence-corrected chi connectivity index (χ1v) is 8.04. The van der Waals surface area contributed by atoms with Crippen LogP contribution in [0.5, 0.6) is 0 Å². The Kier molecular flexibility index (Phi) is 4.55. The number of benzene rings is 1. The minimum atomic E-state index is -0.247.